The van der Waals surface area contributed by atoms with Crippen LogP contribution in [0.1, 0.15) is 26.4 Å². The summed E-state index contributed by atoms with van der Waals surface area (Å²) in [5.74, 6) is -2.08. The van der Waals surface area contributed by atoms with E-state index in [4.69, 9.17) is 10.2 Å². The summed E-state index contributed by atoms with van der Waals surface area (Å²) in [6, 6.07) is 4.47. The van der Waals surface area contributed by atoms with Gasteiger partial charge in [0.25, 0.3) is 0 Å². The smallest absolute Gasteiger partial charge is 0.352 e. The maximum Gasteiger partial charge on any atom is 0.352 e. The molecule has 0 aliphatic carbocycles. The highest BCUT2D eigenvalue weighted by Gasteiger charge is 2.14. The molecule has 0 aliphatic heterocycles. The number of aryl methyl sites for hydroxylation is 1. The fourth-order valence-electron chi connectivity index (χ4n) is 1.67. The molecule has 0 spiro atoms. The van der Waals surface area contributed by atoms with Gasteiger partial charge in [0.05, 0.1) is 5.56 Å². The average molecular weight is 219 g/mol. The first kappa shape index (κ1) is 10.2. The number of aromatic carboxylic acids is 2. The summed E-state index contributed by atoms with van der Waals surface area (Å²) in [6.45, 7) is 1.65. The molecule has 5 nitrogen and oxygen atoms in total. The van der Waals surface area contributed by atoms with E-state index in [1.165, 1.54) is 12.1 Å². The topological polar surface area (TPSA) is 90.4 Å². The van der Waals surface area contributed by atoms with Gasteiger partial charge in [-0.15, -0.1) is 0 Å². The van der Waals surface area contributed by atoms with Crippen molar-refractivity contribution in [3.05, 3.63) is 35.0 Å². The number of nitrogens with one attached hydrogen (secondary N) is 1. The lowest BCUT2D eigenvalue weighted by molar-refractivity contribution is 0.0683. The van der Waals surface area contributed by atoms with Crippen LogP contribution in [0, 0.1) is 6.92 Å². The molecule has 0 saturated heterocycles. The molecular weight excluding hydrogens is 210 g/mol. The number of fused-ring (bicyclic) bond motifs is 1. The number of aromatic nitrogens is 1. The largest absolute Gasteiger partial charge is 0.478 e. The predicted molar refractivity (Wildman–Crippen MR) is 57.0 cm³/mol. The van der Waals surface area contributed by atoms with Crippen LogP contribution >= 0.6 is 0 Å². The molecule has 1 aromatic carbocycles. The Morgan fingerprint density at radius 2 is 1.88 bits per heavy atom. The molecule has 0 atom stereocenters. The Balaban J connectivity index is 2.73. The fourth-order valence-corrected chi connectivity index (χ4v) is 1.67. The monoisotopic (exact) mass is 219 g/mol. The van der Waals surface area contributed by atoms with Crippen molar-refractivity contribution in [2.75, 3.05) is 0 Å². The molecule has 0 aliphatic rings. The second-order valence-corrected chi connectivity index (χ2v) is 3.50. The molecule has 1 heterocycles. The van der Waals surface area contributed by atoms with Crippen molar-refractivity contribution < 1.29 is 19.8 Å². The molecule has 0 fully saturated rings. The molecule has 0 unspecified atom stereocenters. The summed E-state index contributed by atoms with van der Waals surface area (Å²) >= 11 is 0. The van der Waals surface area contributed by atoms with Crippen LogP contribution in [0.4, 0.5) is 0 Å². The van der Waals surface area contributed by atoms with Crippen molar-refractivity contribution in [3.63, 3.8) is 0 Å². The van der Waals surface area contributed by atoms with E-state index < -0.39 is 11.9 Å². The van der Waals surface area contributed by atoms with E-state index in [9.17, 15) is 9.59 Å². The first-order valence-corrected chi connectivity index (χ1v) is 4.59. The zero-order valence-electron chi connectivity index (χ0n) is 8.44. The van der Waals surface area contributed by atoms with Crippen LogP contribution in [0.5, 0.6) is 0 Å². The molecule has 0 saturated carbocycles. The number of carboxylic acid groups (broad SMARTS) is 2. The lowest BCUT2D eigenvalue weighted by Crippen LogP contribution is -1.98. The standard InChI is InChI=1S/C11H9NO4/c1-5-7-4-6(10(13)14)2-3-8(7)12-9(5)11(15)16/h2-4,12H,1H3,(H,13,14)(H,15,16). The molecular formula is C11H9NO4. The van der Waals surface area contributed by atoms with Gasteiger partial charge in [0.1, 0.15) is 5.69 Å². The molecule has 0 bridgehead atoms. The van der Waals surface area contributed by atoms with Crippen molar-refractivity contribution >= 4 is 22.8 Å². The van der Waals surface area contributed by atoms with Crippen LogP contribution in [0.15, 0.2) is 18.2 Å². The normalized spacial score (nSPS) is 10.6. The summed E-state index contributed by atoms with van der Waals surface area (Å²) < 4.78 is 0. The van der Waals surface area contributed by atoms with Gasteiger partial charge < -0.3 is 15.2 Å². The minimum Gasteiger partial charge on any atom is -0.478 e. The second-order valence-electron chi connectivity index (χ2n) is 3.50. The van der Waals surface area contributed by atoms with Crippen molar-refractivity contribution in [1.29, 1.82) is 0 Å². The quantitative estimate of drug-likeness (QED) is 0.719. The van der Waals surface area contributed by atoms with Gasteiger partial charge in [-0.05, 0) is 30.7 Å². The molecule has 82 valence electrons. The van der Waals surface area contributed by atoms with Crippen LogP contribution in [0.2, 0.25) is 0 Å². The molecule has 16 heavy (non-hydrogen) atoms. The van der Waals surface area contributed by atoms with E-state index >= 15 is 0 Å². The maximum atomic E-state index is 10.9. The van der Waals surface area contributed by atoms with E-state index in [1.54, 1.807) is 13.0 Å². The molecule has 2 rings (SSSR count). The van der Waals surface area contributed by atoms with Gasteiger partial charge in [-0.1, -0.05) is 0 Å². The van der Waals surface area contributed by atoms with Gasteiger partial charge in [0, 0.05) is 10.9 Å². The highest BCUT2D eigenvalue weighted by molar-refractivity contribution is 6.00. The highest BCUT2D eigenvalue weighted by atomic mass is 16.4. The Morgan fingerprint density at radius 3 is 2.44 bits per heavy atom. The Kier molecular flexibility index (Phi) is 2.16. The summed E-state index contributed by atoms with van der Waals surface area (Å²) in [5, 5.41) is 18.3. The van der Waals surface area contributed by atoms with Crippen molar-refractivity contribution in [2.45, 2.75) is 6.92 Å². The van der Waals surface area contributed by atoms with Gasteiger partial charge in [-0.25, -0.2) is 9.59 Å². The zero-order chi connectivity index (χ0) is 11.9. The van der Waals surface area contributed by atoms with Crippen molar-refractivity contribution in [1.82, 2.24) is 4.98 Å². The number of rotatable bonds is 2. The molecule has 0 radical (unpaired) electrons. The molecule has 1 aromatic heterocycles. The minimum absolute atomic E-state index is 0.0949. The molecule has 5 heteroatoms. The number of hydrogen-bond acceptors (Lipinski definition) is 2. The van der Waals surface area contributed by atoms with E-state index in [-0.39, 0.29) is 11.3 Å². The summed E-state index contributed by atoms with van der Waals surface area (Å²) in [4.78, 5) is 24.4. The Morgan fingerprint density at radius 1 is 1.19 bits per heavy atom. The number of H-pyrrole nitrogens is 1. The van der Waals surface area contributed by atoms with Gasteiger partial charge in [0.15, 0.2) is 0 Å². The number of aromatic amines is 1. The lowest BCUT2D eigenvalue weighted by atomic mass is 10.1. The Bertz CT molecular complexity index is 597. The van der Waals surface area contributed by atoms with Crippen LogP contribution in [0.25, 0.3) is 10.9 Å². The van der Waals surface area contributed by atoms with Gasteiger partial charge in [0.2, 0.25) is 0 Å². The number of carboxylic acids is 2. The number of hydrogen-bond donors (Lipinski definition) is 3. The summed E-state index contributed by atoms with van der Waals surface area (Å²) in [6.07, 6.45) is 0. The number of carbonyl (C=O) groups is 2. The second kappa shape index (κ2) is 3.37. The minimum atomic E-state index is -1.05. The third kappa shape index (κ3) is 1.42. The molecule has 2 aromatic rings. The highest BCUT2D eigenvalue weighted by Crippen LogP contribution is 2.22. The summed E-state index contributed by atoms with van der Waals surface area (Å²) in [7, 11) is 0. The van der Waals surface area contributed by atoms with E-state index in [2.05, 4.69) is 4.98 Å². The van der Waals surface area contributed by atoms with Gasteiger partial charge >= 0.3 is 11.9 Å². The zero-order valence-corrected chi connectivity index (χ0v) is 8.44. The Labute approximate surface area is 90.3 Å². The first-order chi connectivity index (χ1) is 7.50. The van der Waals surface area contributed by atoms with Gasteiger partial charge in [-0.3, -0.25) is 0 Å². The van der Waals surface area contributed by atoms with E-state index in [0.717, 1.165) is 0 Å². The van der Waals surface area contributed by atoms with Gasteiger partial charge in [-0.2, -0.15) is 0 Å². The average Bonchev–Trinajstić information content (AvgIpc) is 2.56. The van der Waals surface area contributed by atoms with Crippen LogP contribution in [0.3, 0.4) is 0 Å². The third-order valence-corrected chi connectivity index (χ3v) is 2.52. The summed E-state index contributed by atoms with van der Waals surface area (Å²) in [5.41, 5.74) is 1.41. The maximum absolute atomic E-state index is 10.9. The molecule has 0 amide bonds. The van der Waals surface area contributed by atoms with Crippen LogP contribution in [-0.4, -0.2) is 27.1 Å². The van der Waals surface area contributed by atoms with Crippen molar-refractivity contribution in [3.8, 4) is 0 Å². The lowest BCUT2D eigenvalue weighted by Gasteiger charge is -1.95. The Hall–Kier alpha value is -2.30. The number of benzene rings is 1. The van der Waals surface area contributed by atoms with Crippen LogP contribution in [-0.2, 0) is 0 Å². The van der Waals surface area contributed by atoms with E-state index in [0.29, 0.717) is 16.5 Å². The first-order valence-electron chi connectivity index (χ1n) is 4.59. The van der Waals surface area contributed by atoms with Crippen LogP contribution < -0.4 is 0 Å². The third-order valence-electron chi connectivity index (χ3n) is 2.52. The fraction of sp³-hybridized carbons (Fsp3) is 0.0909. The molecule has 3 N–H and O–H groups in total. The van der Waals surface area contributed by atoms with E-state index in [1.807, 2.05) is 0 Å². The van der Waals surface area contributed by atoms with Crippen molar-refractivity contribution in [2.24, 2.45) is 0 Å². The predicted octanol–water partition coefficient (Wildman–Crippen LogP) is 1.87. The SMILES string of the molecule is Cc1c(C(=O)O)[nH]c2ccc(C(=O)O)cc12.